The van der Waals surface area contributed by atoms with Crippen LogP contribution in [0.25, 0.3) is 53.5 Å². The first-order chi connectivity index (χ1) is 25.5. The third-order valence-corrected chi connectivity index (χ3v) is 13.2. The minimum atomic E-state index is -0.337. The molecule has 6 rings (SSSR count). The number of allylic oxidation sites excluding steroid dienone is 2. The Labute approximate surface area is 347 Å². The van der Waals surface area contributed by atoms with Gasteiger partial charge in [0, 0.05) is 69.4 Å². The number of hydrogen-bond acceptors (Lipinski definition) is 5. The Balaban J connectivity index is 0.000000320. The number of thiophene rings is 1. The molecule has 0 aliphatic rings. The molecule has 6 aromatic rings. The maximum atomic E-state index is 12.2. The van der Waals surface area contributed by atoms with Gasteiger partial charge in [-0.3, -0.25) is 9.78 Å². The Kier molecular flexibility index (Phi) is 14.2. The summed E-state index contributed by atoms with van der Waals surface area (Å²) in [5.74, 6) is 0.900. The van der Waals surface area contributed by atoms with Crippen LogP contribution in [-0.2, 0) is 36.7 Å². The number of nitrogens with zero attached hydrogens (tertiary/aromatic N) is 1. The van der Waals surface area contributed by atoms with Crippen LogP contribution in [-0.4, -0.2) is 15.9 Å². The van der Waals surface area contributed by atoms with E-state index in [0.717, 1.165) is 54.3 Å². The topological polar surface area (TPSA) is 63.3 Å². The summed E-state index contributed by atoms with van der Waals surface area (Å²) in [5.41, 5.74) is 7.52. The van der Waals surface area contributed by atoms with Crippen molar-refractivity contribution < 1.29 is 34.4 Å². The number of benzene rings is 3. The SMILES string of the molecule is CCC(C)(CC)C(=O)/C=C(\O)C(C)(CC)CC.Cc1c(-c2coc3ccc(CC(C)C)cc23)sc2c(-c3[c-]c4ccccc4c(C(C)(C)C)c3)nccc12.[Ir]. The summed E-state index contributed by atoms with van der Waals surface area (Å²) < 4.78 is 7.22. The van der Waals surface area contributed by atoms with E-state index in [9.17, 15) is 9.90 Å². The van der Waals surface area contributed by atoms with Gasteiger partial charge in [0.25, 0.3) is 0 Å². The number of fused-ring (bicyclic) bond motifs is 3. The summed E-state index contributed by atoms with van der Waals surface area (Å²) in [6.45, 7) is 25.7. The van der Waals surface area contributed by atoms with Gasteiger partial charge >= 0.3 is 0 Å². The van der Waals surface area contributed by atoms with E-state index in [0.29, 0.717) is 5.92 Å². The largest absolute Gasteiger partial charge is 0.512 e. The van der Waals surface area contributed by atoms with E-state index in [1.165, 1.54) is 54.1 Å². The van der Waals surface area contributed by atoms with Crippen molar-refractivity contribution in [2.45, 2.75) is 121 Å². The molecule has 3 aromatic heterocycles. The summed E-state index contributed by atoms with van der Waals surface area (Å²) in [4.78, 5) is 18.3. The van der Waals surface area contributed by atoms with Crippen LogP contribution in [0.5, 0.6) is 0 Å². The van der Waals surface area contributed by atoms with Gasteiger partial charge < -0.3 is 9.52 Å². The number of rotatable bonds is 11. The molecule has 0 amide bonds. The first-order valence-corrected chi connectivity index (χ1v) is 20.6. The van der Waals surface area contributed by atoms with Crippen LogP contribution in [0.15, 0.2) is 83.3 Å². The van der Waals surface area contributed by atoms with Crippen molar-refractivity contribution in [1.29, 1.82) is 0 Å². The fourth-order valence-corrected chi connectivity index (χ4v) is 8.43. The van der Waals surface area contributed by atoms with Gasteiger partial charge in [0.15, 0.2) is 5.78 Å². The van der Waals surface area contributed by atoms with Gasteiger partial charge in [-0.05, 0) is 85.1 Å². The van der Waals surface area contributed by atoms with E-state index in [4.69, 9.17) is 9.40 Å². The van der Waals surface area contributed by atoms with E-state index in [-0.39, 0.29) is 47.9 Å². The number of carbonyl (C=O) groups excluding carboxylic acids is 1. The molecule has 3 aromatic carbocycles. The molecule has 0 bridgehead atoms. The van der Waals surface area contributed by atoms with E-state index in [1.807, 2.05) is 65.3 Å². The number of ketones is 1. The van der Waals surface area contributed by atoms with Crippen molar-refractivity contribution in [1.82, 2.24) is 4.98 Å². The zero-order valence-electron chi connectivity index (χ0n) is 35.0. The maximum absolute atomic E-state index is 12.2. The molecule has 1 N–H and O–H groups in total. The third kappa shape index (κ3) is 9.19. The average Bonchev–Trinajstić information content (AvgIpc) is 3.72. The molecule has 0 fully saturated rings. The van der Waals surface area contributed by atoms with Crippen LogP contribution in [0.2, 0.25) is 0 Å². The molecule has 0 spiro atoms. The molecule has 1 radical (unpaired) electrons. The summed E-state index contributed by atoms with van der Waals surface area (Å²) in [5, 5.41) is 15.0. The minimum absolute atomic E-state index is 0. The predicted octanol–water partition coefficient (Wildman–Crippen LogP) is 14.8. The Morgan fingerprint density at radius 1 is 0.891 bits per heavy atom. The van der Waals surface area contributed by atoms with Crippen LogP contribution < -0.4 is 0 Å². The van der Waals surface area contributed by atoms with E-state index >= 15 is 0 Å². The van der Waals surface area contributed by atoms with Crippen molar-refractivity contribution in [2.24, 2.45) is 16.7 Å². The van der Waals surface area contributed by atoms with Crippen molar-refractivity contribution >= 4 is 48.9 Å². The molecule has 3 heterocycles. The number of hydrogen-bond donors (Lipinski definition) is 1. The first kappa shape index (κ1) is 44.1. The molecule has 0 saturated carbocycles. The van der Waals surface area contributed by atoms with Gasteiger partial charge in [0.05, 0.1) is 0 Å². The summed E-state index contributed by atoms with van der Waals surface area (Å²) in [7, 11) is 0. The van der Waals surface area contributed by atoms with Gasteiger partial charge in [0.2, 0.25) is 0 Å². The number of aliphatic hydroxyl groups excluding tert-OH is 1. The number of pyridine rings is 1. The quantitative estimate of drug-likeness (QED) is 0.0799. The molecule has 0 unspecified atom stereocenters. The van der Waals surface area contributed by atoms with Gasteiger partial charge in [0.1, 0.15) is 17.6 Å². The Bertz CT molecular complexity index is 2290. The number of aryl methyl sites for hydroxylation is 1. The summed E-state index contributed by atoms with van der Waals surface area (Å²) in [6, 6.07) is 23.3. The van der Waals surface area contributed by atoms with Crippen molar-refractivity contribution in [3.8, 4) is 21.7 Å². The zero-order chi connectivity index (χ0) is 39.6. The van der Waals surface area contributed by atoms with Crippen molar-refractivity contribution in [3.05, 3.63) is 102 Å². The number of aliphatic hydroxyl groups is 1. The smallest absolute Gasteiger partial charge is 0.164 e. The molecule has 4 nitrogen and oxygen atoms in total. The van der Waals surface area contributed by atoms with E-state index in [1.54, 1.807) is 0 Å². The number of carbonyl (C=O) groups is 1. The normalized spacial score (nSPS) is 12.6. The van der Waals surface area contributed by atoms with Crippen LogP contribution in [0.1, 0.15) is 119 Å². The van der Waals surface area contributed by atoms with Gasteiger partial charge in [-0.2, -0.15) is 0 Å². The molecule has 6 heteroatoms. The molecule has 55 heavy (non-hydrogen) atoms. The molecule has 295 valence electrons. The van der Waals surface area contributed by atoms with Crippen LogP contribution in [0.3, 0.4) is 0 Å². The molecular weight excluding hydrogens is 875 g/mol. The molecular formula is C49H60IrNO3S-. The number of aromatic nitrogens is 1. The first-order valence-electron chi connectivity index (χ1n) is 19.8. The second kappa shape index (κ2) is 17.7. The average molecular weight is 935 g/mol. The summed E-state index contributed by atoms with van der Waals surface area (Å²) in [6.07, 6.45) is 9.68. The minimum Gasteiger partial charge on any atom is -0.512 e. The van der Waals surface area contributed by atoms with Crippen LogP contribution in [0, 0.1) is 29.7 Å². The second-order valence-electron chi connectivity index (χ2n) is 17.0. The van der Waals surface area contributed by atoms with Gasteiger partial charge in [-0.1, -0.05) is 111 Å². The maximum Gasteiger partial charge on any atom is 0.164 e. The Morgan fingerprint density at radius 3 is 2.16 bits per heavy atom. The fourth-order valence-electron chi connectivity index (χ4n) is 7.11. The van der Waals surface area contributed by atoms with Crippen LogP contribution in [0.4, 0.5) is 0 Å². The zero-order valence-corrected chi connectivity index (χ0v) is 38.2. The van der Waals surface area contributed by atoms with Crippen molar-refractivity contribution in [2.75, 3.05) is 0 Å². The van der Waals surface area contributed by atoms with E-state index in [2.05, 4.69) is 102 Å². The molecule has 0 aliphatic carbocycles. The Hall–Kier alpha value is -3.57. The fraction of sp³-hybridized carbons (Fsp3) is 0.429. The molecule has 0 saturated heterocycles. The standard InChI is InChI=1S/C34H32NOS.C15H28O2.Ir/c1-20(2)15-22-11-12-30-27(16-22)28(19-36-30)32-21(3)25-13-14-35-31(33(25)37-32)24-17-23-9-7-8-10-26(23)29(18-24)34(4,5)6;1-7-14(5,8-2)12(16)11-13(17)15(6,9-3)10-4;/h7-14,16,18-20H,15H2,1-6H3;11,16H,7-10H2,1-6H3;/q-1;;/b;12-11-;. The number of furan rings is 1. The monoisotopic (exact) mass is 935 g/mol. The van der Waals surface area contributed by atoms with Gasteiger partial charge in [-0.15, -0.1) is 40.5 Å². The van der Waals surface area contributed by atoms with Crippen LogP contribution >= 0.6 is 11.3 Å². The molecule has 0 atom stereocenters. The van der Waals surface area contributed by atoms with Crippen molar-refractivity contribution in [3.63, 3.8) is 0 Å². The Morgan fingerprint density at radius 2 is 1.55 bits per heavy atom. The molecule has 0 aliphatic heterocycles. The summed E-state index contributed by atoms with van der Waals surface area (Å²) >= 11 is 1.81. The van der Waals surface area contributed by atoms with Gasteiger partial charge in [-0.25, -0.2) is 0 Å². The predicted molar refractivity (Wildman–Crippen MR) is 232 cm³/mol. The van der Waals surface area contributed by atoms with E-state index < -0.39 is 0 Å². The second-order valence-corrected chi connectivity index (χ2v) is 18.0. The third-order valence-electron chi connectivity index (χ3n) is 11.8.